The van der Waals surface area contributed by atoms with E-state index in [-0.39, 0.29) is 19.2 Å². The first-order valence-electron chi connectivity index (χ1n) is 4.53. The van der Waals surface area contributed by atoms with Gasteiger partial charge in [0.15, 0.2) is 6.10 Å². The number of aliphatic hydroxyl groups is 1. The molecule has 0 radical (unpaired) electrons. The molecule has 0 rings (SSSR count). The number of carbonyl (C=O) groups excluding carboxylic acids is 2. The van der Waals surface area contributed by atoms with Crippen LogP contribution in [0.5, 0.6) is 0 Å². The minimum atomic E-state index is -0.756. The topological polar surface area (TPSA) is 72.8 Å². The van der Waals surface area contributed by atoms with Crippen molar-refractivity contribution in [1.82, 2.24) is 0 Å². The van der Waals surface area contributed by atoms with Gasteiger partial charge in [0.05, 0.1) is 6.61 Å². The van der Waals surface area contributed by atoms with Crippen LogP contribution in [0.3, 0.4) is 0 Å². The molecule has 0 saturated heterocycles. The molecule has 1 N–H and O–H groups in total. The second-order valence-corrected chi connectivity index (χ2v) is 2.85. The summed E-state index contributed by atoms with van der Waals surface area (Å²) in [4.78, 5) is 21.4. The first kappa shape index (κ1) is 12.9. The minimum absolute atomic E-state index is 0.0884. The van der Waals surface area contributed by atoms with Gasteiger partial charge in [0.2, 0.25) is 0 Å². The quantitative estimate of drug-likeness (QED) is 0.628. The zero-order valence-electron chi connectivity index (χ0n) is 8.49. The Balaban J connectivity index is 3.71. The lowest BCUT2D eigenvalue weighted by atomic mass is 10.3. The van der Waals surface area contributed by atoms with E-state index in [0.717, 1.165) is 0 Å². The third-order valence-electron chi connectivity index (χ3n) is 1.42. The lowest BCUT2D eigenvalue weighted by molar-refractivity contribution is -0.159. The van der Waals surface area contributed by atoms with Crippen LogP contribution in [0.25, 0.3) is 0 Å². The summed E-state index contributed by atoms with van der Waals surface area (Å²) >= 11 is 0. The standard InChI is InChI=1S/C9H16O5/c1-3-4-9(12)13-6-8(5-10)14-7(2)11/h8,10H,3-6H2,1-2H3. The van der Waals surface area contributed by atoms with Gasteiger partial charge >= 0.3 is 11.9 Å². The summed E-state index contributed by atoms with van der Waals surface area (Å²) in [5.41, 5.74) is 0. The van der Waals surface area contributed by atoms with Crippen molar-refractivity contribution in [2.45, 2.75) is 32.8 Å². The number of hydrogen-bond donors (Lipinski definition) is 1. The van der Waals surface area contributed by atoms with Crippen molar-refractivity contribution in [3.05, 3.63) is 0 Å². The number of ether oxygens (including phenoxy) is 2. The summed E-state index contributed by atoms with van der Waals surface area (Å²) in [6.45, 7) is 2.65. The largest absolute Gasteiger partial charge is 0.462 e. The number of aliphatic hydroxyl groups excluding tert-OH is 1. The third kappa shape index (κ3) is 6.42. The van der Waals surface area contributed by atoms with Gasteiger partial charge in [-0.05, 0) is 6.42 Å². The normalized spacial score (nSPS) is 11.9. The Morgan fingerprint density at radius 3 is 2.50 bits per heavy atom. The molecule has 0 bridgehead atoms. The lowest BCUT2D eigenvalue weighted by Gasteiger charge is -2.14. The molecule has 0 spiro atoms. The fraction of sp³-hybridized carbons (Fsp3) is 0.778. The van der Waals surface area contributed by atoms with Crippen LogP contribution < -0.4 is 0 Å². The average Bonchev–Trinajstić information content (AvgIpc) is 2.12. The van der Waals surface area contributed by atoms with Gasteiger partial charge in [-0.25, -0.2) is 0 Å². The fourth-order valence-corrected chi connectivity index (χ4v) is 0.821. The lowest BCUT2D eigenvalue weighted by Crippen LogP contribution is -2.27. The van der Waals surface area contributed by atoms with E-state index < -0.39 is 12.1 Å². The van der Waals surface area contributed by atoms with Crippen molar-refractivity contribution in [3.8, 4) is 0 Å². The van der Waals surface area contributed by atoms with Gasteiger partial charge in [-0.2, -0.15) is 0 Å². The van der Waals surface area contributed by atoms with E-state index in [1.807, 2.05) is 6.92 Å². The Bertz CT molecular complexity index is 190. The van der Waals surface area contributed by atoms with Crippen LogP contribution in [-0.2, 0) is 19.1 Å². The summed E-state index contributed by atoms with van der Waals surface area (Å²) in [5.74, 6) is -0.853. The van der Waals surface area contributed by atoms with Crippen LogP contribution in [0.1, 0.15) is 26.7 Å². The highest BCUT2D eigenvalue weighted by molar-refractivity contribution is 5.69. The van der Waals surface area contributed by atoms with E-state index in [4.69, 9.17) is 9.84 Å². The summed E-state index contributed by atoms with van der Waals surface area (Å²) in [5, 5.41) is 8.75. The van der Waals surface area contributed by atoms with Gasteiger partial charge in [0.25, 0.3) is 0 Å². The molecule has 0 amide bonds. The molecule has 5 heteroatoms. The molecule has 5 nitrogen and oxygen atoms in total. The molecule has 0 aromatic carbocycles. The van der Waals surface area contributed by atoms with E-state index in [2.05, 4.69) is 4.74 Å². The molecule has 14 heavy (non-hydrogen) atoms. The Morgan fingerprint density at radius 1 is 1.43 bits per heavy atom. The molecular weight excluding hydrogens is 188 g/mol. The average molecular weight is 204 g/mol. The molecule has 82 valence electrons. The van der Waals surface area contributed by atoms with Crippen LogP contribution in [0.2, 0.25) is 0 Å². The van der Waals surface area contributed by atoms with E-state index in [0.29, 0.717) is 12.8 Å². The van der Waals surface area contributed by atoms with Crippen molar-refractivity contribution >= 4 is 11.9 Å². The minimum Gasteiger partial charge on any atom is -0.462 e. The first-order chi connectivity index (χ1) is 6.60. The molecule has 1 atom stereocenters. The van der Waals surface area contributed by atoms with Crippen LogP contribution in [0.15, 0.2) is 0 Å². The molecule has 0 aromatic rings. The van der Waals surface area contributed by atoms with Gasteiger partial charge in [-0.3, -0.25) is 9.59 Å². The number of hydrogen-bond acceptors (Lipinski definition) is 5. The summed E-state index contributed by atoms with van der Waals surface area (Å²) < 4.78 is 9.42. The Hall–Kier alpha value is -1.10. The fourth-order valence-electron chi connectivity index (χ4n) is 0.821. The Morgan fingerprint density at radius 2 is 2.07 bits per heavy atom. The van der Waals surface area contributed by atoms with E-state index >= 15 is 0 Å². The van der Waals surface area contributed by atoms with Gasteiger partial charge in [0.1, 0.15) is 6.61 Å². The molecule has 1 unspecified atom stereocenters. The number of rotatable bonds is 6. The van der Waals surface area contributed by atoms with Gasteiger partial charge in [0, 0.05) is 13.3 Å². The van der Waals surface area contributed by atoms with Crippen LogP contribution >= 0.6 is 0 Å². The highest BCUT2D eigenvalue weighted by Crippen LogP contribution is 1.97. The summed E-state index contributed by atoms with van der Waals surface area (Å²) in [6, 6.07) is 0. The molecule has 0 heterocycles. The summed E-state index contributed by atoms with van der Waals surface area (Å²) in [6.07, 6.45) is 0.280. The highest BCUT2D eigenvalue weighted by Gasteiger charge is 2.13. The molecule has 0 saturated carbocycles. The van der Waals surface area contributed by atoms with Crippen LogP contribution in [0.4, 0.5) is 0 Å². The second kappa shape index (κ2) is 7.32. The zero-order chi connectivity index (χ0) is 11.0. The van der Waals surface area contributed by atoms with Crippen molar-refractivity contribution in [3.63, 3.8) is 0 Å². The van der Waals surface area contributed by atoms with E-state index in [1.54, 1.807) is 0 Å². The predicted molar refractivity (Wildman–Crippen MR) is 48.5 cm³/mol. The maximum absolute atomic E-state index is 10.9. The van der Waals surface area contributed by atoms with Crippen molar-refractivity contribution < 1.29 is 24.2 Å². The molecule has 0 aromatic heterocycles. The Labute approximate surface area is 83.0 Å². The second-order valence-electron chi connectivity index (χ2n) is 2.85. The van der Waals surface area contributed by atoms with Crippen LogP contribution in [0, 0.1) is 0 Å². The first-order valence-corrected chi connectivity index (χ1v) is 4.53. The maximum atomic E-state index is 10.9. The molecule has 0 fully saturated rings. The maximum Gasteiger partial charge on any atom is 0.305 e. The number of carbonyl (C=O) groups is 2. The molecule has 0 aliphatic carbocycles. The van der Waals surface area contributed by atoms with E-state index in [9.17, 15) is 9.59 Å². The summed E-state index contributed by atoms with van der Waals surface area (Å²) in [7, 11) is 0. The van der Waals surface area contributed by atoms with Crippen molar-refractivity contribution in [2.75, 3.05) is 13.2 Å². The zero-order valence-corrected chi connectivity index (χ0v) is 8.49. The van der Waals surface area contributed by atoms with Gasteiger partial charge < -0.3 is 14.6 Å². The van der Waals surface area contributed by atoms with Crippen molar-refractivity contribution in [2.24, 2.45) is 0 Å². The van der Waals surface area contributed by atoms with Crippen molar-refractivity contribution in [1.29, 1.82) is 0 Å². The smallest absolute Gasteiger partial charge is 0.305 e. The molecular formula is C9H16O5. The monoisotopic (exact) mass is 204 g/mol. The Kier molecular flexibility index (Phi) is 6.74. The molecule has 0 aliphatic rings. The molecule has 0 aliphatic heterocycles. The third-order valence-corrected chi connectivity index (χ3v) is 1.42. The SMILES string of the molecule is CCCC(=O)OCC(CO)OC(C)=O. The van der Waals surface area contributed by atoms with E-state index in [1.165, 1.54) is 6.92 Å². The number of esters is 2. The van der Waals surface area contributed by atoms with Gasteiger partial charge in [-0.15, -0.1) is 0 Å². The van der Waals surface area contributed by atoms with Gasteiger partial charge in [-0.1, -0.05) is 6.92 Å². The predicted octanol–water partition coefficient (Wildman–Crippen LogP) is 0.254. The van der Waals surface area contributed by atoms with Crippen LogP contribution in [-0.4, -0.2) is 36.4 Å². The highest BCUT2D eigenvalue weighted by atomic mass is 16.6.